The number of fused-ring (bicyclic) bond motifs is 1. The SMILES string of the molecule is CCCc1ncc(Cc2ccc(O)c([N+](=O)[O-])c2)c2cc(OC)c(OC)cc12. The average molecular weight is 382 g/mol. The summed E-state index contributed by atoms with van der Waals surface area (Å²) < 4.78 is 10.9. The Labute approximate surface area is 162 Å². The summed E-state index contributed by atoms with van der Waals surface area (Å²) in [5, 5.41) is 22.7. The Kier molecular flexibility index (Phi) is 5.63. The highest BCUT2D eigenvalue weighted by Gasteiger charge is 2.16. The molecule has 0 aliphatic rings. The smallest absolute Gasteiger partial charge is 0.310 e. The van der Waals surface area contributed by atoms with Gasteiger partial charge in [0.15, 0.2) is 17.2 Å². The van der Waals surface area contributed by atoms with Gasteiger partial charge in [0.05, 0.1) is 19.1 Å². The lowest BCUT2D eigenvalue weighted by Gasteiger charge is -2.14. The van der Waals surface area contributed by atoms with Crippen molar-refractivity contribution in [3.8, 4) is 17.2 Å². The summed E-state index contributed by atoms with van der Waals surface area (Å²) in [6.45, 7) is 2.09. The monoisotopic (exact) mass is 382 g/mol. The third kappa shape index (κ3) is 3.69. The average Bonchev–Trinajstić information content (AvgIpc) is 2.70. The van der Waals surface area contributed by atoms with E-state index in [1.165, 1.54) is 12.1 Å². The molecule has 0 amide bonds. The van der Waals surface area contributed by atoms with Gasteiger partial charge in [0.25, 0.3) is 0 Å². The molecular formula is C21H22N2O5. The molecule has 0 unspecified atom stereocenters. The lowest BCUT2D eigenvalue weighted by atomic mass is 9.97. The number of methoxy groups -OCH3 is 2. The molecule has 3 aromatic rings. The molecule has 0 aliphatic carbocycles. The number of nitro benzene ring substituents is 1. The molecule has 146 valence electrons. The lowest BCUT2D eigenvalue weighted by molar-refractivity contribution is -0.385. The first-order chi connectivity index (χ1) is 13.5. The lowest BCUT2D eigenvalue weighted by Crippen LogP contribution is -2.00. The van der Waals surface area contributed by atoms with Crippen LogP contribution in [-0.2, 0) is 12.8 Å². The molecule has 0 saturated carbocycles. The number of pyridine rings is 1. The van der Waals surface area contributed by atoms with Gasteiger partial charge >= 0.3 is 5.69 Å². The van der Waals surface area contributed by atoms with E-state index in [0.29, 0.717) is 23.5 Å². The van der Waals surface area contributed by atoms with Crippen LogP contribution in [0.4, 0.5) is 5.69 Å². The molecule has 0 radical (unpaired) electrons. The van der Waals surface area contributed by atoms with Gasteiger partial charge in [-0.3, -0.25) is 15.1 Å². The van der Waals surface area contributed by atoms with Gasteiger partial charge < -0.3 is 14.6 Å². The van der Waals surface area contributed by atoms with Crippen molar-refractivity contribution in [3.63, 3.8) is 0 Å². The number of nitrogens with zero attached hydrogens (tertiary/aromatic N) is 2. The molecule has 0 saturated heterocycles. The maximum Gasteiger partial charge on any atom is 0.310 e. The molecule has 28 heavy (non-hydrogen) atoms. The summed E-state index contributed by atoms with van der Waals surface area (Å²) in [5.41, 5.74) is 2.29. The van der Waals surface area contributed by atoms with Gasteiger partial charge in [-0.1, -0.05) is 19.4 Å². The fourth-order valence-corrected chi connectivity index (χ4v) is 3.30. The van der Waals surface area contributed by atoms with Gasteiger partial charge in [-0.15, -0.1) is 0 Å². The third-order valence-electron chi connectivity index (χ3n) is 4.67. The van der Waals surface area contributed by atoms with E-state index in [1.54, 1.807) is 26.5 Å². The van der Waals surface area contributed by atoms with Crippen molar-refractivity contribution in [2.24, 2.45) is 0 Å². The molecule has 1 aromatic heterocycles. The van der Waals surface area contributed by atoms with Gasteiger partial charge in [-0.05, 0) is 47.6 Å². The predicted molar refractivity (Wildman–Crippen MR) is 106 cm³/mol. The largest absolute Gasteiger partial charge is 0.502 e. The summed E-state index contributed by atoms with van der Waals surface area (Å²) in [5.74, 6) is 0.898. The number of hydrogen-bond donors (Lipinski definition) is 1. The Hall–Kier alpha value is -3.35. The van der Waals surface area contributed by atoms with Crippen molar-refractivity contribution in [2.75, 3.05) is 14.2 Å². The molecule has 7 nitrogen and oxygen atoms in total. The Morgan fingerprint density at radius 3 is 2.39 bits per heavy atom. The standard InChI is InChI=1S/C21H22N2O5/c1-4-5-17-16-11-21(28-3)20(27-2)10-15(16)14(12-22-17)8-13-6-7-19(24)18(9-13)23(25)26/h6-7,9-12,24H,4-5,8H2,1-3H3. The third-order valence-corrected chi connectivity index (χ3v) is 4.67. The molecule has 1 heterocycles. The van der Waals surface area contributed by atoms with E-state index in [1.807, 2.05) is 12.1 Å². The van der Waals surface area contributed by atoms with Crippen molar-refractivity contribution in [1.29, 1.82) is 0 Å². The quantitative estimate of drug-likeness (QED) is 0.480. The summed E-state index contributed by atoms with van der Waals surface area (Å²) in [4.78, 5) is 15.1. The second kappa shape index (κ2) is 8.12. The number of aromatic nitrogens is 1. The first-order valence-corrected chi connectivity index (χ1v) is 8.97. The number of phenols is 1. The number of benzene rings is 2. The molecule has 2 aromatic carbocycles. The minimum Gasteiger partial charge on any atom is -0.502 e. The number of rotatable bonds is 7. The number of ether oxygens (including phenoxy) is 2. The molecule has 0 atom stereocenters. The van der Waals surface area contributed by atoms with Crippen molar-refractivity contribution >= 4 is 16.5 Å². The van der Waals surface area contributed by atoms with E-state index in [-0.39, 0.29) is 11.4 Å². The summed E-state index contributed by atoms with van der Waals surface area (Å²) in [7, 11) is 3.18. The molecule has 0 aliphatic heterocycles. The van der Waals surface area contributed by atoms with Gasteiger partial charge in [0.2, 0.25) is 0 Å². The molecule has 1 N–H and O–H groups in total. The van der Waals surface area contributed by atoms with Crippen LogP contribution in [0.1, 0.15) is 30.2 Å². The first kappa shape index (κ1) is 19.4. The Bertz CT molecular complexity index is 1030. The second-order valence-electron chi connectivity index (χ2n) is 6.49. The Morgan fingerprint density at radius 2 is 1.79 bits per heavy atom. The van der Waals surface area contributed by atoms with Crippen molar-refractivity contribution in [2.45, 2.75) is 26.2 Å². The molecule has 7 heteroatoms. The van der Waals surface area contributed by atoms with E-state index >= 15 is 0 Å². The van der Waals surface area contributed by atoms with E-state index in [9.17, 15) is 15.2 Å². The maximum atomic E-state index is 11.1. The zero-order valence-corrected chi connectivity index (χ0v) is 16.1. The van der Waals surface area contributed by atoms with Crippen LogP contribution in [0.25, 0.3) is 10.8 Å². The topological polar surface area (TPSA) is 94.7 Å². The van der Waals surface area contributed by atoms with Crippen LogP contribution in [0.2, 0.25) is 0 Å². The van der Waals surface area contributed by atoms with Crippen molar-refractivity contribution in [3.05, 3.63) is 63.5 Å². The van der Waals surface area contributed by atoms with E-state index < -0.39 is 4.92 Å². The van der Waals surface area contributed by atoms with E-state index in [4.69, 9.17) is 9.47 Å². The number of hydrogen-bond acceptors (Lipinski definition) is 6. The van der Waals surface area contributed by atoms with Crippen LogP contribution in [0, 0.1) is 10.1 Å². The molecule has 0 fully saturated rings. The van der Waals surface area contributed by atoms with Crippen LogP contribution in [0.15, 0.2) is 36.5 Å². The summed E-state index contributed by atoms with van der Waals surface area (Å²) in [6.07, 6.45) is 4.03. The second-order valence-corrected chi connectivity index (χ2v) is 6.49. The Morgan fingerprint density at radius 1 is 1.11 bits per heavy atom. The number of phenolic OH excluding ortho intramolecular Hbond substituents is 1. The number of aromatic hydroxyl groups is 1. The minimum absolute atomic E-state index is 0.309. The molecular weight excluding hydrogens is 360 g/mol. The first-order valence-electron chi connectivity index (χ1n) is 8.97. The summed E-state index contributed by atoms with van der Waals surface area (Å²) in [6, 6.07) is 8.25. The highest BCUT2D eigenvalue weighted by molar-refractivity contribution is 5.91. The fraction of sp³-hybridized carbons (Fsp3) is 0.286. The van der Waals surface area contributed by atoms with Crippen LogP contribution in [-0.4, -0.2) is 29.2 Å². The van der Waals surface area contributed by atoms with Crippen molar-refractivity contribution < 1.29 is 19.5 Å². The van der Waals surface area contributed by atoms with Gasteiger partial charge in [0, 0.05) is 23.3 Å². The van der Waals surface area contributed by atoms with Crippen LogP contribution in [0.3, 0.4) is 0 Å². The molecule has 3 rings (SSSR count). The van der Waals surface area contributed by atoms with Crippen LogP contribution < -0.4 is 9.47 Å². The number of aryl methyl sites for hydroxylation is 1. The van der Waals surface area contributed by atoms with Crippen LogP contribution >= 0.6 is 0 Å². The van der Waals surface area contributed by atoms with Crippen LogP contribution in [0.5, 0.6) is 17.2 Å². The van der Waals surface area contributed by atoms with E-state index in [0.717, 1.165) is 34.9 Å². The zero-order chi connectivity index (χ0) is 20.3. The van der Waals surface area contributed by atoms with Gasteiger partial charge in [-0.25, -0.2) is 0 Å². The Balaban J connectivity index is 2.14. The van der Waals surface area contributed by atoms with Crippen molar-refractivity contribution in [1.82, 2.24) is 4.98 Å². The fourth-order valence-electron chi connectivity index (χ4n) is 3.30. The molecule has 0 bridgehead atoms. The summed E-state index contributed by atoms with van der Waals surface area (Å²) >= 11 is 0. The highest BCUT2D eigenvalue weighted by Crippen LogP contribution is 2.36. The van der Waals surface area contributed by atoms with E-state index in [2.05, 4.69) is 11.9 Å². The molecule has 0 spiro atoms. The maximum absolute atomic E-state index is 11.1. The van der Waals surface area contributed by atoms with Gasteiger partial charge in [0.1, 0.15) is 0 Å². The normalized spacial score (nSPS) is 10.8. The van der Waals surface area contributed by atoms with Gasteiger partial charge in [-0.2, -0.15) is 0 Å². The zero-order valence-electron chi connectivity index (χ0n) is 16.1. The number of nitro groups is 1. The predicted octanol–water partition coefficient (Wildman–Crippen LogP) is 4.41. The highest BCUT2D eigenvalue weighted by atomic mass is 16.6. The minimum atomic E-state index is -0.590.